The summed E-state index contributed by atoms with van der Waals surface area (Å²) in [4.78, 5) is 15.9. The molecule has 1 unspecified atom stereocenters. The Balaban J connectivity index is 2.00. The van der Waals surface area contributed by atoms with Crippen molar-refractivity contribution in [1.82, 2.24) is 10.3 Å². The van der Waals surface area contributed by atoms with Gasteiger partial charge < -0.3 is 11.1 Å². The van der Waals surface area contributed by atoms with Crippen LogP contribution in [0.15, 0.2) is 12.1 Å². The van der Waals surface area contributed by atoms with Gasteiger partial charge in [-0.15, -0.1) is 0 Å². The average Bonchev–Trinajstić information content (AvgIpc) is 3.10. The van der Waals surface area contributed by atoms with Crippen molar-refractivity contribution in [3.05, 3.63) is 22.8 Å². The van der Waals surface area contributed by atoms with Crippen LogP contribution in [0.1, 0.15) is 43.0 Å². The summed E-state index contributed by atoms with van der Waals surface area (Å²) in [6, 6.07) is 3.32. The van der Waals surface area contributed by atoms with E-state index >= 15 is 0 Å². The van der Waals surface area contributed by atoms with E-state index in [0.29, 0.717) is 5.56 Å². The van der Waals surface area contributed by atoms with Gasteiger partial charge in [-0.25, -0.2) is 4.98 Å². The second kappa shape index (κ2) is 5.57. The fourth-order valence-corrected chi connectivity index (χ4v) is 2.22. The van der Waals surface area contributed by atoms with Gasteiger partial charge in [-0.2, -0.15) is 0 Å². The smallest absolute Gasteiger partial charge is 0.251 e. The van der Waals surface area contributed by atoms with Crippen molar-refractivity contribution in [2.45, 2.75) is 38.6 Å². The van der Waals surface area contributed by atoms with Crippen LogP contribution in [0, 0.1) is 5.92 Å². The summed E-state index contributed by atoms with van der Waals surface area (Å²) in [5.74, 6) is 0.933. The molecule has 1 fully saturated rings. The van der Waals surface area contributed by atoms with E-state index in [2.05, 4.69) is 17.2 Å². The Bertz CT molecular complexity index is 426. The quantitative estimate of drug-likeness (QED) is 0.806. The molecule has 1 aromatic rings. The number of hydrogen-bond donors (Lipinski definition) is 2. The molecule has 1 atom stereocenters. The maximum absolute atomic E-state index is 12.1. The highest BCUT2D eigenvalue weighted by molar-refractivity contribution is 6.29. The van der Waals surface area contributed by atoms with Crippen LogP contribution in [0.2, 0.25) is 5.15 Å². The Morgan fingerprint density at radius 2 is 2.33 bits per heavy atom. The molecule has 0 aromatic carbocycles. The molecule has 1 aromatic heterocycles. The van der Waals surface area contributed by atoms with Gasteiger partial charge in [-0.1, -0.05) is 31.4 Å². The molecule has 0 saturated heterocycles. The standard InChI is InChI=1S/C13H18ClN3O/c1-2-10(5-8-3-4-8)16-13(18)9-6-11(14)17-12(15)7-9/h6-8,10H,2-5H2,1H3,(H2,15,17)(H,16,18). The summed E-state index contributed by atoms with van der Waals surface area (Å²) in [5.41, 5.74) is 6.05. The molecule has 1 amide bonds. The maximum Gasteiger partial charge on any atom is 0.251 e. The number of carbonyl (C=O) groups is 1. The van der Waals surface area contributed by atoms with Crippen LogP contribution >= 0.6 is 11.6 Å². The van der Waals surface area contributed by atoms with Crippen LogP contribution in [0.5, 0.6) is 0 Å². The van der Waals surface area contributed by atoms with Crippen molar-refractivity contribution in [2.75, 3.05) is 5.73 Å². The number of carbonyl (C=O) groups excluding carboxylic acids is 1. The Labute approximate surface area is 112 Å². The van der Waals surface area contributed by atoms with Gasteiger partial charge in [-0.3, -0.25) is 4.79 Å². The third-order valence-corrected chi connectivity index (χ3v) is 3.41. The fraction of sp³-hybridized carbons (Fsp3) is 0.538. The molecule has 0 radical (unpaired) electrons. The zero-order valence-corrected chi connectivity index (χ0v) is 11.2. The first-order chi connectivity index (χ1) is 8.58. The Hall–Kier alpha value is -1.29. The Morgan fingerprint density at radius 1 is 1.61 bits per heavy atom. The lowest BCUT2D eigenvalue weighted by molar-refractivity contribution is 0.0932. The van der Waals surface area contributed by atoms with E-state index in [4.69, 9.17) is 17.3 Å². The Morgan fingerprint density at radius 3 is 2.89 bits per heavy atom. The van der Waals surface area contributed by atoms with Crippen LogP contribution in [-0.4, -0.2) is 16.9 Å². The number of amides is 1. The van der Waals surface area contributed by atoms with Gasteiger partial charge in [0.2, 0.25) is 0 Å². The van der Waals surface area contributed by atoms with Gasteiger partial charge in [0, 0.05) is 11.6 Å². The SMILES string of the molecule is CCC(CC1CC1)NC(=O)c1cc(N)nc(Cl)c1. The molecule has 3 N–H and O–H groups in total. The molecule has 1 aliphatic rings. The van der Waals surface area contributed by atoms with E-state index < -0.39 is 0 Å². The van der Waals surface area contributed by atoms with Crippen LogP contribution in [0.25, 0.3) is 0 Å². The summed E-state index contributed by atoms with van der Waals surface area (Å²) in [7, 11) is 0. The van der Waals surface area contributed by atoms with Crippen LogP contribution in [0.4, 0.5) is 5.82 Å². The molecular weight excluding hydrogens is 250 g/mol. The largest absolute Gasteiger partial charge is 0.384 e. The van der Waals surface area contributed by atoms with Gasteiger partial charge in [-0.05, 0) is 30.9 Å². The fourth-order valence-electron chi connectivity index (χ4n) is 2.00. The first-order valence-corrected chi connectivity index (χ1v) is 6.70. The van der Waals surface area contributed by atoms with Crippen molar-refractivity contribution in [3.8, 4) is 0 Å². The minimum Gasteiger partial charge on any atom is -0.384 e. The molecule has 1 aliphatic carbocycles. The summed E-state index contributed by atoms with van der Waals surface area (Å²) in [6.45, 7) is 2.08. The number of aromatic nitrogens is 1. The molecule has 0 aliphatic heterocycles. The summed E-state index contributed by atoms with van der Waals surface area (Å²) >= 11 is 5.79. The highest BCUT2D eigenvalue weighted by atomic mass is 35.5. The molecule has 0 spiro atoms. The van der Waals surface area contributed by atoms with Gasteiger partial charge in [0.25, 0.3) is 5.91 Å². The second-order valence-electron chi connectivity index (χ2n) is 4.86. The zero-order valence-electron chi connectivity index (χ0n) is 10.4. The van der Waals surface area contributed by atoms with Gasteiger partial charge >= 0.3 is 0 Å². The molecule has 18 heavy (non-hydrogen) atoms. The number of hydrogen-bond acceptors (Lipinski definition) is 3. The topological polar surface area (TPSA) is 68.0 Å². The number of pyridine rings is 1. The van der Waals surface area contributed by atoms with Crippen LogP contribution in [-0.2, 0) is 0 Å². The monoisotopic (exact) mass is 267 g/mol. The predicted molar refractivity (Wildman–Crippen MR) is 72.5 cm³/mol. The van der Waals surface area contributed by atoms with Gasteiger partial charge in [0.15, 0.2) is 0 Å². The second-order valence-corrected chi connectivity index (χ2v) is 5.25. The van der Waals surface area contributed by atoms with Crippen LogP contribution in [0.3, 0.4) is 0 Å². The molecule has 2 rings (SSSR count). The lowest BCUT2D eigenvalue weighted by Crippen LogP contribution is -2.34. The van der Waals surface area contributed by atoms with E-state index in [1.165, 1.54) is 18.9 Å². The number of nitrogens with zero attached hydrogens (tertiary/aromatic N) is 1. The first kappa shape index (κ1) is 13.1. The lowest BCUT2D eigenvalue weighted by Gasteiger charge is -2.16. The molecule has 0 bridgehead atoms. The van der Waals surface area contributed by atoms with Crippen molar-refractivity contribution in [3.63, 3.8) is 0 Å². The minimum atomic E-state index is -0.126. The normalized spacial score (nSPS) is 16.3. The predicted octanol–water partition coefficient (Wildman–Crippen LogP) is 2.63. The summed E-state index contributed by atoms with van der Waals surface area (Å²) in [6.07, 6.45) is 4.59. The summed E-state index contributed by atoms with van der Waals surface area (Å²) in [5, 5.41) is 3.27. The lowest BCUT2D eigenvalue weighted by atomic mass is 10.1. The van der Waals surface area contributed by atoms with E-state index in [9.17, 15) is 4.79 Å². The van der Waals surface area contributed by atoms with Gasteiger partial charge in [0.05, 0.1) is 0 Å². The number of rotatable bonds is 5. The third-order valence-electron chi connectivity index (χ3n) is 3.22. The average molecular weight is 268 g/mol. The third kappa shape index (κ3) is 3.60. The van der Waals surface area contributed by atoms with E-state index in [-0.39, 0.29) is 22.9 Å². The molecule has 98 valence electrons. The van der Waals surface area contributed by atoms with Crippen LogP contribution < -0.4 is 11.1 Å². The minimum absolute atomic E-state index is 0.126. The highest BCUT2D eigenvalue weighted by Crippen LogP contribution is 2.34. The highest BCUT2D eigenvalue weighted by Gasteiger charge is 2.25. The maximum atomic E-state index is 12.1. The van der Waals surface area contributed by atoms with E-state index in [0.717, 1.165) is 18.8 Å². The molecule has 5 heteroatoms. The van der Waals surface area contributed by atoms with Crippen molar-refractivity contribution < 1.29 is 4.79 Å². The summed E-state index contributed by atoms with van der Waals surface area (Å²) < 4.78 is 0. The molecule has 4 nitrogen and oxygen atoms in total. The molecule has 1 saturated carbocycles. The van der Waals surface area contributed by atoms with E-state index in [1.807, 2.05) is 0 Å². The van der Waals surface area contributed by atoms with E-state index in [1.54, 1.807) is 6.07 Å². The molecule has 1 heterocycles. The zero-order chi connectivity index (χ0) is 13.1. The van der Waals surface area contributed by atoms with Crippen molar-refractivity contribution >= 4 is 23.3 Å². The van der Waals surface area contributed by atoms with Gasteiger partial charge in [0.1, 0.15) is 11.0 Å². The molecular formula is C13H18ClN3O. The van der Waals surface area contributed by atoms with Crippen molar-refractivity contribution in [2.24, 2.45) is 5.92 Å². The number of nitrogens with two attached hydrogens (primary N) is 1. The number of nitrogen functional groups attached to an aromatic ring is 1. The number of nitrogens with one attached hydrogen (secondary N) is 1. The first-order valence-electron chi connectivity index (χ1n) is 6.32. The number of halogens is 1. The number of anilines is 1. The van der Waals surface area contributed by atoms with Crippen molar-refractivity contribution in [1.29, 1.82) is 0 Å². The Kier molecular flexibility index (Phi) is 4.07.